The van der Waals surface area contributed by atoms with E-state index in [9.17, 15) is 32.3 Å². The number of halogens is 3. The number of piperazine rings is 1. The van der Waals surface area contributed by atoms with E-state index in [-0.39, 0.29) is 39.3 Å². The normalized spacial score (nSPS) is 19.1. The second-order valence-electron chi connectivity index (χ2n) is 10.4. The van der Waals surface area contributed by atoms with Crippen LogP contribution in [0, 0.1) is 0 Å². The number of pyridine rings is 1. The number of urea groups is 1. The van der Waals surface area contributed by atoms with Crippen molar-refractivity contribution in [2.24, 2.45) is 5.73 Å². The molecule has 0 aliphatic carbocycles. The van der Waals surface area contributed by atoms with Crippen molar-refractivity contribution in [2.75, 3.05) is 40.0 Å². The summed E-state index contributed by atoms with van der Waals surface area (Å²) in [5.74, 6) is -1.79. The van der Waals surface area contributed by atoms with Gasteiger partial charge >= 0.3 is 6.03 Å². The molecule has 2 aliphatic heterocycles. The molecule has 0 spiro atoms. The van der Waals surface area contributed by atoms with Crippen molar-refractivity contribution >= 4 is 23.8 Å². The molecule has 2 aliphatic rings. The number of benzene rings is 1. The van der Waals surface area contributed by atoms with E-state index in [4.69, 9.17) is 10.5 Å². The molecule has 2 saturated heterocycles. The lowest BCUT2D eigenvalue weighted by Gasteiger charge is -2.45. The number of nitrogens with two attached hydrogens (primary N) is 1. The maximum Gasteiger partial charge on any atom is 0.330 e. The van der Waals surface area contributed by atoms with E-state index in [0.29, 0.717) is 10.6 Å². The lowest BCUT2D eigenvalue weighted by Crippen LogP contribution is -2.67. The maximum absolute atomic E-state index is 13.8. The van der Waals surface area contributed by atoms with Gasteiger partial charge in [0.05, 0.1) is 25.3 Å². The highest BCUT2D eigenvalue weighted by molar-refractivity contribution is 6.08. The second kappa shape index (κ2) is 14.2. The van der Waals surface area contributed by atoms with E-state index in [2.05, 4.69) is 10.3 Å². The Balaban J connectivity index is 0.00000155. The largest absolute Gasteiger partial charge is 0.374 e. The Kier molecular flexibility index (Phi) is 11.0. The molecule has 2 atom stereocenters. The zero-order valence-corrected chi connectivity index (χ0v) is 23.5. The Morgan fingerprint density at radius 2 is 1.76 bits per heavy atom. The molecular formula is C28H35F3N6O5. The van der Waals surface area contributed by atoms with Crippen LogP contribution in [0.15, 0.2) is 54.7 Å². The minimum absolute atomic E-state index is 0.00391. The van der Waals surface area contributed by atoms with Gasteiger partial charge in [0.25, 0.3) is 5.91 Å². The van der Waals surface area contributed by atoms with Crippen LogP contribution in [0.1, 0.15) is 25.1 Å². The number of rotatable bonds is 10. The van der Waals surface area contributed by atoms with Gasteiger partial charge in [-0.3, -0.25) is 19.4 Å². The Bertz CT molecular complexity index is 1230. The SMILES string of the molecule is CC(C)(N)C(=O)N[C@H](COCc1ccccc1)C(=O)N1CCN2C(=O)N(CF)C(=O)[C@]2(Cc2ccccn2)C1.FCF. The number of fused-ring (bicyclic) bond motifs is 1. The molecule has 228 valence electrons. The Morgan fingerprint density at radius 3 is 2.36 bits per heavy atom. The van der Waals surface area contributed by atoms with Gasteiger partial charge in [0.2, 0.25) is 18.7 Å². The molecule has 1 aromatic carbocycles. The quantitative estimate of drug-likeness (QED) is 0.317. The van der Waals surface area contributed by atoms with E-state index >= 15 is 0 Å². The Morgan fingerprint density at radius 1 is 1.10 bits per heavy atom. The zero-order chi connectivity index (χ0) is 30.9. The lowest BCUT2D eigenvalue weighted by molar-refractivity contribution is -0.146. The molecule has 0 saturated carbocycles. The molecule has 2 fully saturated rings. The first-order valence-corrected chi connectivity index (χ1v) is 13.2. The van der Waals surface area contributed by atoms with Gasteiger partial charge in [0.1, 0.15) is 11.6 Å². The van der Waals surface area contributed by atoms with Gasteiger partial charge in [0.15, 0.2) is 6.80 Å². The number of aromatic nitrogens is 1. The smallest absolute Gasteiger partial charge is 0.330 e. The number of ether oxygens (including phenoxy) is 1. The predicted molar refractivity (Wildman–Crippen MR) is 146 cm³/mol. The molecule has 2 aromatic rings. The molecule has 42 heavy (non-hydrogen) atoms. The molecule has 0 radical (unpaired) electrons. The average molecular weight is 593 g/mol. The number of imide groups is 1. The van der Waals surface area contributed by atoms with Crippen molar-refractivity contribution in [1.29, 1.82) is 0 Å². The minimum Gasteiger partial charge on any atom is -0.374 e. The highest BCUT2D eigenvalue weighted by Crippen LogP contribution is 2.35. The van der Waals surface area contributed by atoms with Crippen molar-refractivity contribution in [1.82, 2.24) is 25.0 Å². The number of alkyl halides is 3. The topological polar surface area (TPSA) is 138 Å². The van der Waals surface area contributed by atoms with Gasteiger partial charge in [-0.1, -0.05) is 36.4 Å². The Labute approximate surface area is 241 Å². The number of nitrogens with one attached hydrogen (secondary N) is 1. The minimum atomic E-state index is -1.75. The van der Waals surface area contributed by atoms with Crippen LogP contribution in [0.5, 0.6) is 0 Å². The van der Waals surface area contributed by atoms with Crippen LogP contribution in [-0.2, 0) is 32.1 Å². The van der Waals surface area contributed by atoms with Crippen molar-refractivity contribution in [3.63, 3.8) is 0 Å². The third-order valence-corrected chi connectivity index (χ3v) is 6.88. The van der Waals surface area contributed by atoms with Crippen molar-refractivity contribution in [3.8, 4) is 0 Å². The zero-order valence-electron chi connectivity index (χ0n) is 23.5. The van der Waals surface area contributed by atoms with Gasteiger partial charge in [-0.05, 0) is 31.5 Å². The van der Waals surface area contributed by atoms with Gasteiger partial charge < -0.3 is 25.6 Å². The molecule has 4 rings (SSSR count). The third-order valence-electron chi connectivity index (χ3n) is 6.88. The Hall–Kier alpha value is -4.04. The van der Waals surface area contributed by atoms with Crippen LogP contribution in [0.25, 0.3) is 0 Å². The van der Waals surface area contributed by atoms with E-state index < -0.39 is 54.6 Å². The molecule has 1 aromatic heterocycles. The highest BCUT2D eigenvalue weighted by atomic mass is 19.3. The molecule has 0 bridgehead atoms. The van der Waals surface area contributed by atoms with Crippen LogP contribution in [0.3, 0.4) is 0 Å². The highest BCUT2D eigenvalue weighted by Gasteiger charge is 2.60. The molecule has 11 nitrogen and oxygen atoms in total. The molecular weight excluding hydrogens is 557 g/mol. The number of hydrogen-bond donors (Lipinski definition) is 2. The summed E-state index contributed by atoms with van der Waals surface area (Å²) < 4.78 is 38.8. The summed E-state index contributed by atoms with van der Waals surface area (Å²) >= 11 is 0. The first-order chi connectivity index (χ1) is 20.0. The number of nitrogens with zero attached hydrogens (tertiary/aromatic N) is 4. The van der Waals surface area contributed by atoms with Crippen molar-refractivity contribution in [3.05, 3.63) is 66.0 Å². The molecule has 3 heterocycles. The summed E-state index contributed by atoms with van der Waals surface area (Å²) in [6, 6.07) is 12.7. The van der Waals surface area contributed by atoms with Gasteiger partial charge in [-0.2, -0.15) is 0 Å². The summed E-state index contributed by atoms with van der Waals surface area (Å²) in [6.07, 6.45) is 1.55. The fraction of sp³-hybridized carbons (Fsp3) is 0.464. The second-order valence-corrected chi connectivity index (χ2v) is 10.4. The lowest BCUT2D eigenvalue weighted by atomic mass is 9.88. The van der Waals surface area contributed by atoms with Gasteiger partial charge in [-0.15, -0.1) is 0 Å². The van der Waals surface area contributed by atoms with Crippen LogP contribution < -0.4 is 11.1 Å². The first kappa shape index (κ1) is 32.5. The van der Waals surface area contributed by atoms with Crippen molar-refractivity contribution < 1.29 is 37.1 Å². The monoisotopic (exact) mass is 592 g/mol. The van der Waals surface area contributed by atoms with Crippen LogP contribution >= 0.6 is 0 Å². The number of hydrogen-bond acceptors (Lipinski definition) is 7. The number of amides is 5. The summed E-state index contributed by atoms with van der Waals surface area (Å²) in [5, 5.41) is 2.67. The molecule has 5 amide bonds. The fourth-order valence-electron chi connectivity index (χ4n) is 4.79. The number of carbonyl (C=O) groups is 4. The molecule has 0 unspecified atom stereocenters. The summed E-state index contributed by atoms with van der Waals surface area (Å²) in [4.78, 5) is 60.4. The first-order valence-electron chi connectivity index (χ1n) is 13.2. The maximum atomic E-state index is 13.8. The van der Waals surface area contributed by atoms with Gasteiger partial charge in [-0.25, -0.2) is 22.9 Å². The van der Waals surface area contributed by atoms with E-state index in [1.165, 1.54) is 23.6 Å². The molecule has 14 heteroatoms. The van der Waals surface area contributed by atoms with Crippen LogP contribution in [-0.4, -0.2) is 101 Å². The fourth-order valence-corrected chi connectivity index (χ4v) is 4.79. The van der Waals surface area contributed by atoms with Crippen LogP contribution in [0.4, 0.5) is 18.0 Å². The molecule has 3 N–H and O–H groups in total. The van der Waals surface area contributed by atoms with E-state index in [1.807, 2.05) is 30.3 Å². The third kappa shape index (κ3) is 7.42. The van der Waals surface area contributed by atoms with Gasteiger partial charge in [0, 0.05) is 31.4 Å². The van der Waals surface area contributed by atoms with Crippen molar-refractivity contribution in [2.45, 2.75) is 44.0 Å². The summed E-state index contributed by atoms with van der Waals surface area (Å²) in [6.45, 7) is -0.0288. The van der Waals surface area contributed by atoms with Crippen LogP contribution in [0.2, 0.25) is 0 Å². The standard InChI is InChI=1S/C27H33FN6O5.CH2F2/c1-26(2,29)23(36)31-21(16-39-15-19-8-4-3-5-9-19)22(35)32-12-13-34-25(38)33(18-28)24(37)27(34,17-32)14-20-10-6-7-11-30-20;2-1-3/h3-11,21H,12-18,29H2,1-2H3,(H,31,36);1H2/t21-,27+;/m1./s1. The van der Waals surface area contributed by atoms with E-state index in [1.54, 1.807) is 24.4 Å². The average Bonchev–Trinajstić information content (AvgIpc) is 3.17. The number of carbonyl (C=O) groups excluding carboxylic acids is 4. The van der Waals surface area contributed by atoms with E-state index in [0.717, 1.165) is 5.56 Å². The summed E-state index contributed by atoms with van der Waals surface area (Å²) in [5.41, 5.74) is 4.57. The summed E-state index contributed by atoms with van der Waals surface area (Å²) in [7, 11) is 0. The predicted octanol–water partition coefficient (Wildman–Crippen LogP) is 1.72.